The van der Waals surface area contributed by atoms with Gasteiger partial charge in [0.1, 0.15) is 0 Å². The van der Waals surface area contributed by atoms with Gasteiger partial charge >= 0.3 is 14.6 Å². The molecule has 1 aromatic heterocycles. The van der Waals surface area contributed by atoms with Gasteiger partial charge in [0.15, 0.2) is 0 Å². The normalized spacial score (nSPS) is 10.8. The highest BCUT2D eigenvalue weighted by molar-refractivity contribution is 7.42. The maximum absolute atomic E-state index is 5.46. The summed E-state index contributed by atoms with van der Waals surface area (Å²) in [5.74, 6) is 0. The van der Waals surface area contributed by atoms with Gasteiger partial charge < -0.3 is 13.6 Å². The standard InChI is InChI=1S/C10H17N2O3P/c1-5-13-16(14-6-2)15-10-11-8(3)7-9(4)12-10/h7H,5-6H2,1-4H3. The van der Waals surface area contributed by atoms with E-state index in [2.05, 4.69) is 9.97 Å². The molecule has 1 aromatic rings. The van der Waals surface area contributed by atoms with Crippen LogP contribution in [-0.2, 0) is 9.05 Å². The first kappa shape index (κ1) is 13.3. The minimum atomic E-state index is -1.39. The Hall–Kier alpha value is -0.770. The maximum Gasteiger partial charge on any atom is 0.399 e. The van der Waals surface area contributed by atoms with Crippen LogP contribution in [0.4, 0.5) is 0 Å². The topological polar surface area (TPSA) is 53.5 Å². The van der Waals surface area contributed by atoms with Crippen molar-refractivity contribution in [2.24, 2.45) is 0 Å². The van der Waals surface area contributed by atoms with E-state index in [4.69, 9.17) is 13.6 Å². The monoisotopic (exact) mass is 244 g/mol. The third kappa shape index (κ3) is 4.39. The number of aromatic nitrogens is 2. The minimum Gasteiger partial charge on any atom is -0.392 e. The van der Waals surface area contributed by atoms with E-state index in [1.807, 2.05) is 33.8 Å². The summed E-state index contributed by atoms with van der Waals surface area (Å²) in [6.07, 6.45) is 0. The lowest BCUT2D eigenvalue weighted by Crippen LogP contribution is -2.01. The molecule has 0 radical (unpaired) electrons. The molecule has 0 amide bonds. The lowest BCUT2D eigenvalue weighted by atomic mass is 10.4. The third-order valence-electron chi connectivity index (χ3n) is 1.59. The molecule has 6 heteroatoms. The second-order valence-electron chi connectivity index (χ2n) is 3.08. The molecule has 0 aliphatic heterocycles. The predicted molar refractivity (Wildman–Crippen MR) is 62.3 cm³/mol. The zero-order valence-electron chi connectivity index (χ0n) is 10.1. The Morgan fingerprint density at radius 2 is 1.56 bits per heavy atom. The van der Waals surface area contributed by atoms with Crippen LogP contribution in [0.5, 0.6) is 6.01 Å². The van der Waals surface area contributed by atoms with Crippen LogP contribution in [0.2, 0.25) is 0 Å². The van der Waals surface area contributed by atoms with Crippen molar-refractivity contribution < 1.29 is 13.6 Å². The summed E-state index contributed by atoms with van der Waals surface area (Å²) in [5, 5.41) is 0. The third-order valence-corrected chi connectivity index (χ3v) is 2.84. The minimum absolute atomic E-state index is 0.311. The van der Waals surface area contributed by atoms with Gasteiger partial charge in [0, 0.05) is 11.4 Å². The van der Waals surface area contributed by atoms with Crippen LogP contribution in [0, 0.1) is 13.8 Å². The Morgan fingerprint density at radius 1 is 1.06 bits per heavy atom. The van der Waals surface area contributed by atoms with Crippen LogP contribution in [0.1, 0.15) is 25.2 Å². The molecular formula is C10H17N2O3P. The fourth-order valence-electron chi connectivity index (χ4n) is 1.10. The van der Waals surface area contributed by atoms with E-state index in [-0.39, 0.29) is 0 Å². The molecule has 0 atom stereocenters. The van der Waals surface area contributed by atoms with E-state index < -0.39 is 8.60 Å². The first-order valence-corrected chi connectivity index (χ1v) is 6.31. The number of aryl methyl sites for hydroxylation is 2. The van der Waals surface area contributed by atoms with Crippen molar-refractivity contribution in [2.75, 3.05) is 13.2 Å². The second-order valence-corrected chi connectivity index (χ2v) is 4.23. The summed E-state index contributed by atoms with van der Waals surface area (Å²) >= 11 is 0. The summed E-state index contributed by atoms with van der Waals surface area (Å²) in [7, 11) is -1.39. The molecule has 5 nitrogen and oxygen atoms in total. The molecule has 0 fully saturated rings. The van der Waals surface area contributed by atoms with Crippen LogP contribution >= 0.6 is 8.60 Å². The van der Waals surface area contributed by atoms with Crippen LogP contribution in [0.25, 0.3) is 0 Å². The molecular weight excluding hydrogens is 227 g/mol. The summed E-state index contributed by atoms with van der Waals surface area (Å²) in [5.41, 5.74) is 1.73. The molecule has 16 heavy (non-hydrogen) atoms. The van der Waals surface area contributed by atoms with Crippen molar-refractivity contribution >= 4 is 8.60 Å². The summed E-state index contributed by atoms with van der Waals surface area (Å²) in [6, 6.07) is 2.20. The molecule has 0 saturated heterocycles. The van der Waals surface area contributed by atoms with Gasteiger partial charge in [-0.1, -0.05) is 0 Å². The van der Waals surface area contributed by atoms with Crippen molar-refractivity contribution in [3.63, 3.8) is 0 Å². The fourth-order valence-corrected chi connectivity index (χ4v) is 1.92. The summed E-state index contributed by atoms with van der Waals surface area (Å²) in [4.78, 5) is 8.32. The zero-order chi connectivity index (χ0) is 12.0. The summed E-state index contributed by atoms with van der Waals surface area (Å²) < 4.78 is 16.1. The smallest absolute Gasteiger partial charge is 0.392 e. The summed E-state index contributed by atoms with van der Waals surface area (Å²) in [6.45, 7) is 8.64. The van der Waals surface area contributed by atoms with Crippen molar-refractivity contribution in [3.05, 3.63) is 17.5 Å². The average Bonchev–Trinajstić information content (AvgIpc) is 2.16. The quantitative estimate of drug-likeness (QED) is 0.720. The zero-order valence-corrected chi connectivity index (χ0v) is 11.0. The van der Waals surface area contributed by atoms with Gasteiger partial charge in [-0.3, -0.25) is 0 Å². The molecule has 1 heterocycles. The van der Waals surface area contributed by atoms with Crippen LogP contribution in [-0.4, -0.2) is 23.2 Å². The molecule has 0 N–H and O–H groups in total. The highest BCUT2D eigenvalue weighted by Gasteiger charge is 2.15. The SMILES string of the molecule is CCOP(OCC)Oc1nc(C)cc(C)n1. The Kier molecular flexibility index (Phi) is 5.60. The van der Waals surface area contributed by atoms with Crippen molar-refractivity contribution in [1.82, 2.24) is 9.97 Å². The van der Waals surface area contributed by atoms with Gasteiger partial charge in [-0.2, -0.15) is 0 Å². The van der Waals surface area contributed by atoms with E-state index in [0.29, 0.717) is 19.2 Å². The molecule has 0 spiro atoms. The van der Waals surface area contributed by atoms with E-state index in [9.17, 15) is 0 Å². The molecule has 0 aromatic carbocycles. The number of hydrogen-bond donors (Lipinski definition) is 0. The van der Waals surface area contributed by atoms with Gasteiger partial charge in [0.25, 0.3) is 0 Å². The highest BCUT2D eigenvalue weighted by atomic mass is 31.2. The molecule has 0 aliphatic rings. The van der Waals surface area contributed by atoms with Crippen molar-refractivity contribution in [2.45, 2.75) is 27.7 Å². The van der Waals surface area contributed by atoms with Crippen LogP contribution in [0.3, 0.4) is 0 Å². The maximum atomic E-state index is 5.46. The lowest BCUT2D eigenvalue weighted by Gasteiger charge is -2.14. The molecule has 0 unspecified atom stereocenters. The Labute approximate surface area is 97.2 Å². The predicted octanol–water partition coefficient (Wildman–Crippen LogP) is 2.77. The Balaban J connectivity index is 2.68. The first-order chi connectivity index (χ1) is 7.65. The van der Waals surface area contributed by atoms with Gasteiger partial charge in [0.2, 0.25) is 0 Å². The molecule has 1 rings (SSSR count). The van der Waals surface area contributed by atoms with E-state index >= 15 is 0 Å². The number of nitrogens with zero attached hydrogens (tertiary/aromatic N) is 2. The van der Waals surface area contributed by atoms with Gasteiger partial charge in [0.05, 0.1) is 13.2 Å². The largest absolute Gasteiger partial charge is 0.399 e. The van der Waals surface area contributed by atoms with Crippen molar-refractivity contribution in [1.29, 1.82) is 0 Å². The number of hydrogen-bond acceptors (Lipinski definition) is 5. The second kappa shape index (κ2) is 6.74. The van der Waals surface area contributed by atoms with Crippen LogP contribution in [0.15, 0.2) is 6.07 Å². The average molecular weight is 244 g/mol. The van der Waals surface area contributed by atoms with E-state index in [1.54, 1.807) is 0 Å². The Morgan fingerprint density at radius 3 is 2.00 bits per heavy atom. The molecule has 0 aliphatic carbocycles. The van der Waals surface area contributed by atoms with Gasteiger partial charge in [-0.25, -0.2) is 9.97 Å². The Bertz CT molecular complexity index is 310. The van der Waals surface area contributed by atoms with Gasteiger partial charge in [-0.15, -0.1) is 0 Å². The fraction of sp³-hybridized carbons (Fsp3) is 0.600. The van der Waals surface area contributed by atoms with E-state index in [1.165, 1.54) is 0 Å². The molecule has 90 valence electrons. The number of rotatable bonds is 6. The van der Waals surface area contributed by atoms with Crippen molar-refractivity contribution in [3.8, 4) is 6.01 Å². The lowest BCUT2D eigenvalue weighted by molar-refractivity contribution is 0.217. The van der Waals surface area contributed by atoms with Crippen LogP contribution < -0.4 is 4.52 Å². The van der Waals surface area contributed by atoms with Gasteiger partial charge in [-0.05, 0) is 33.8 Å². The molecule has 0 bridgehead atoms. The highest BCUT2D eigenvalue weighted by Crippen LogP contribution is 2.38. The van der Waals surface area contributed by atoms with E-state index in [0.717, 1.165) is 11.4 Å². The molecule has 0 saturated carbocycles. The first-order valence-electron chi connectivity index (χ1n) is 5.22.